The Bertz CT molecular complexity index is 938. The van der Waals surface area contributed by atoms with Gasteiger partial charge in [0, 0.05) is 78.5 Å². The van der Waals surface area contributed by atoms with Crippen molar-refractivity contribution in [2.45, 2.75) is 26.7 Å². The van der Waals surface area contributed by atoms with E-state index in [1.54, 1.807) is 0 Å². The Morgan fingerprint density at radius 3 is 1.25 bits per heavy atom. The van der Waals surface area contributed by atoms with Crippen molar-refractivity contribution in [3.63, 3.8) is 0 Å². The molecule has 8 nitrogen and oxygen atoms in total. The lowest BCUT2D eigenvalue weighted by Crippen LogP contribution is -2.47. The first kappa shape index (κ1) is 30.8. The largest absolute Gasteiger partial charge is 0.493 e. The zero-order chi connectivity index (χ0) is 28.2. The fourth-order valence-corrected chi connectivity index (χ4v) is 5.82. The van der Waals surface area contributed by atoms with Crippen molar-refractivity contribution in [1.82, 2.24) is 19.6 Å². The molecule has 0 saturated carbocycles. The number of ether oxygens (including phenoxy) is 2. The molecule has 0 aliphatic carbocycles. The quantitative estimate of drug-likeness (QED) is 0.326. The number of hydrogen-bond acceptors (Lipinski definition) is 8. The molecule has 0 spiro atoms. The molecule has 2 heterocycles. The van der Waals surface area contributed by atoms with Crippen LogP contribution in [-0.4, -0.2) is 135 Å². The van der Waals surface area contributed by atoms with E-state index in [-0.39, 0.29) is 13.2 Å². The monoisotopic (exact) mass is 554 g/mol. The second-order valence-electron chi connectivity index (χ2n) is 11.1. The van der Waals surface area contributed by atoms with Crippen molar-refractivity contribution in [3.05, 3.63) is 47.5 Å². The van der Waals surface area contributed by atoms with Crippen LogP contribution in [0.2, 0.25) is 0 Å². The van der Waals surface area contributed by atoms with Gasteiger partial charge in [-0.1, -0.05) is 24.3 Å². The van der Waals surface area contributed by atoms with E-state index in [0.29, 0.717) is 13.2 Å². The number of hydrogen-bond donors (Lipinski definition) is 2. The van der Waals surface area contributed by atoms with Crippen LogP contribution in [0.1, 0.15) is 24.0 Å². The van der Waals surface area contributed by atoms with Crippen LogP contribution in [0.15, 0.2) is 36.4 Å². The standard InChI is InChI=1S/C32H50N4O4/c1-27-29(7-3-9-31(27)39-25-5-11-33-13-17-35(18-14-33)21-23-37)30-8-4-10-32(28(30)2)40-26-6-12-34-15-19-36(20-16-34)22-24-38/h3-4,7-10,37-38H,5-6,11-26H2,1-2H3. The summed E-state index contributed by atoms with van der Waals surface area (Å²) in [5, 5.41) is 18.3. The molecule has 2 aromatic carbocycles. The van der Waals surface area contributed by atoms with Gasteiger partial charge in [-0.3, -0.25) is 9.80 Å². The van der Waals surface area contributed by atoms with E-state index in [4.69, 9.17) is 19.7 Å². The van der Waals surface area contributed by atoms with Gasteiger partial charge in [0.1, 0.15) is 11.5 Å². The molecule has 0 radical (unpaired) electrons. The second-order valence-corrected chi connectivity index (χ2v) is 11.1. The first-order valence-corrected chi connectivity index (χ1v) is 15.2. The maximum atomic E-state index is 9.13. The third kappa shape index (κ3) is 8.90. The Morgan fingerprint density at radius 2 is 0.900 bits per heavy atom. The minimum Gasteiger partial charge on any atom is -0.493 e. The molecule has 2 aliphatic rings. The Balaban J connectivity index is 1.23. The SMILES string of the molecule is Cc1c(OCCCN2CCN(CCO)CC2)cccc1-c1cccc(OCCCN2CCN(CCO)CC2)c1C. The summed E-state index contributed by atoms with van der Waals surface area (Å²) in [6.45, 7) is 18.3. The van der Waals surface area contributed by atoms with Gasteiger partial charge in [0.2, 0.25) is 0 Å². The zero-order valence-corrected chi connectivity index (χ0v) is 24.7. The number of aliphatic hydroxyl groups excluding tert-OH is 2. The van der Waals surface area contributed by atoms with Crippen molar-refractivity contribution in [1.29, 1.82) is 0 Å². The van der Waals surface area contributed by atoms with Crippen LogP contribution >= 0.6 is 0 Å². The van der Waals surface area contributed by atoms with Crippen molar-refractivity contribution in [2.75, 3.05) is 105 Å². The lowest BCUT2D eigenvalue weighted by Gasteiger charge is -2.34. The summed E-state index contributed by atoms with van der Waals surface area (Å²) in [6.07, 6.45) is 2.01. The fraction of sp³-hybridized carbons (Fsp3) is 0.625. The predicted molar refractivity (Wildman–Crippen MR) is 162 cm³/mol. The fourth-order valence-electron chi connectivity index (χ4n) is 5.82. The third-order valence-electron chi connectivity index (χ3n) is 8.37. The number of nitrogens with zero attached hydrogens (tertiary/aromatic N) is 4. The van der Waals surface area contributed by atoms with Crippen molar-refractivity contribution in [2.24, 2.45) is 0 Å². The summed E-state index contributed by atoms with van der Waals surface area (Å²) in [5.41, 5.74) is 4.73. The highest BCUT2D eigenvalue weighted by Gasteiger charge is 2.17. The van der Waals surface area contributed by atoms with E-state index in [9.17, 15) is 0 Å². The predicted octanol–water partition coefficient (Wildman–Crippen LogP) is 2.73. The molecule has 0 atom stereocenters. The Morgan fingerprint density at radius 1 is 0.550 bits per heavy atom. The third-order valence-corrected chi connectivity index (χ3v) is 8.37. The van der Waals surface area contributed by atoms with Gasteiger partial charge in [-0.15, -0.1) is 0 Å². The van der Waals surface area contributed by atoms with Crippen molar-refractivity contribution >= 4 is 0 Å². The van der Waals surface area contributed by atoms with Crippen LogP contribution in [0.5, 0.6) is 11.5 Å². The molecule has 2 saturated heterocycles. The van der Waals surface area contributed by atoms with Gasteiger partial charge in [0.15, 0.2) is 0 Å². The normalized spacial score (nSPS) is 17.8. The molecule has 8 heteroatoms. The Hall–Kier alpha value is -2.20. The molecule has 4 rings (SSSR count). The Labute approximate surface area is 241 Å². The molecule has 0 aromatic heterocycles. The van der Waals surface area contributed by atoms with Gasteiger partial charge in [-0.05, 0) is 61.1 Å². The van der Waals surface area contributed by atoms with Crippen LogP contribution in [0.3, 0.4) is 0 Å². The summed E-state index contributed by atoms with van der Waals surface area (Å²) in [5.74, 6) is 1.91. The van der Waals surface area contributed by atoms with Crippen LogP contribution in [0.4, 0.5) is 0 Å². The molecular weight excluding hydrogens is 504 g/mol. The number of aliphatic hydroxyl groups is 2. The maximum absolute atomic E-state index is 9.13. The summed E-state index contributed by atoms with van der Waals surface area (Å²) in [6, 6.07) is 12.7. The van der Waals surface area contributed by atoms with E-state index < -0.39 is 0 Å². The van der Waals surface area contributed by atoms with Crippen molar-refractivity contribution in [3.8, 4) is 22.6 Å². The molecule has 2 aliphatic heterocycles. The van der Waals surface area contributed by atoms with Crippen molar-refractivity contribution < 1.29 is 19.7 Å². The van der Waals surface area contributed by atoms with Crippen LogP contribution in [0, 0.1) is 13.8 Å². The molecule has 2 fully saturated rings. The van der Waals surface area contributed by atoms with E-state index in [1.165, 1.54) is 22.3 Å². The van der Waals surface area contributed by atoms with Gasteiger partial charge in [-0.25, -0.2) is 0 Å². The highest BCUT2D eigenvalue weighted by molar-refractivity contribution is 5.74. The maximum Gasteiger partial charge on any atom is 0.122 e. The van der Waals surface area contributed by atoms with Gasteiger partial charge in [0.05, 0.1) is 26.4 Å². The van der Waals surface area contributed by atoms with E-state index in [0.717, 1.165) is 103 Å². The van der Waals surface area contributed by atoms with Crippen LogP contribution in [-0.2, 0) is 0 Å². The minimum atomic E-state index is 0.245. The smallest absolute Gasteiger partial charge is 0.122 e. The summed E-state index contributed by atoms with van der Waals surface area (Å²) >= 11 is 0. The van der Waals surface area contributed by atoms with Gasteiger partial charge >= 0.3 is 0 Å². The number of β-amino-alcohol motifs (C(OH)–C–C–N with tert-alkyl or cyclic N) is 2. The van der Waals surface area contributed by atoms with Crippen LogP contribution < -0.4 is 9.47 Å². The lowest BCUT2D eigenvalue weighted by atomic mass is 9.95. The first-order valence-electron chi connectivity index (χ1n) is 15.2. The van der Waals surface area contributed by atoms with E-state index in [1.807, 2.05) is 0 Å². The van der Waals surface area contributed by atoms with Gasteiger partial charge in [0.25, 0.3) is 0 Å². The summed E-state index contributed by atoms with van der Waals surface area (Å²) in [4.78, 5) is 9.64. The molecule has 0 bridgehead atoms. The molecule has 0 unspecified atom stereocenters. The zero-order valence-electron chi connectivity index (χ0n) is 24.7. The highest BCUT2D eigenvalue weighted by atomic mass is 16.5. The number of piperazine rings is 2. The molecule has 40 heavy (non-hydrogen) atoms. The summed E-state index contributed by atoms with van der Waals surface area (Å²) < 4.78 is 12.5. The topological polar surface area (TPSA) is 71.9 Å². The summed E-state index contributed by atoms with van der Waals surface area (Å²) in [7, 11) is 0. The first-order chi connectivity index (χ1) is 19.6. The minimum absolute atomic E-state index is 0.245. The molecule has 2 aromatic rings. The molecule has 2 N–H and O–H groups in total. The van der Waals surface area contributed by atoms with E-state index >= 15 is 0 Å². The highest BCUT2D eigenvalue weighted by Crippen LogP contribution is 2.35. The second kappa shape index (κ2) is 16.3. The average molecular weight is 555 g/mol. The molecule has 222 valence electrons. The Kier molecular flexibility index (Phi) is 12.5. The number of rotatable bonds is 15. The molecule has 0 amide bonds. The van der Waals surface area contributed by atoms with Gasteiger partial charge < -0.3 is 29.5 Å². The lowest BCUT2D eigenvalue weighted by molar-refractivity contribution is 0.108. The molecular formula is C32H50N4O4. The van der Waals surface area contributed by atoms with Gasteiger partial charge in [-0.2, -0.15) is 0 Å². The number of benzene rings is 2. The van der Waals surface area contributed by atoms with Crippen LogP contribution in [0.25, 0.3) is 11.1 Å². The average Bonchev–Trinajstić information content (AvgIpc) is 2.97. The van der Waals surface area contributed by atoms with E-state index in [2.05, 4.69) is 69.8 Å².